The monoisotopic (exact) mass is 305 g/mol. The average Bonchev–Trinajstić information content (AvgIpc) is 2.49. The molecule has 0 heterocycles. The number of rotatable bonds is 7. The van der Waals surface area contributed by atoms with Crippen LogP contribution in [0.4, 0.5) is 4.39 Å². The maximum absolute atomic E-state index is 12.8. The molecule has 2 N–H and O–H groups in total. The molecule has 0 fully saturated rings. The molecule has 1 atom stereocenters. The third-order valence-electron chi connectivity index (χ3n) is 2.91. The zero-order valence-corrected chi connectivity index (χ0v) is 12.1. The van der Waals surface area contributed by atoms with E-state index in [1.165, 1.54) is 12.1 Å². The zero-order valence-electron chi connectivity index (χ0n) is 11.3. The van der Waals surface area contributed by atoms with Gasteiger partial charge in [-0.2, -0.15) is 0 Å². The highest BCUT2D eigenvalue weighted by molar-refractivity contribution is 7.99. The highest BCUT2D eigenvalue weighted by atomic mass is 32.2. The van der Waals surface area contributed by atoms with Crippen LogP contribution in [0, 0.1) is 5.82 Å². The number of benzene rings is 2. The van der Waals surface area contributed by atoms with E-state index in [0.717, 1.165) is 10.5 Å². The van der Waals surface area contributed by atoms with Gasteiger partial charge in [0.15, 0.2) is 0 Å². The quantitative estimate of drug-likeness (QED) is 0.608. The van der Waals surface area contributed by atoms with Crippen LogP contribution in [-0.4, -0.2) is 23.4 Å². The summed E-state index contributed by atoms with van der Waals surface area (Å²) >= 11 is 1.56. The van der Waals surface area contributed by atoms with E-state index in [4.69, 9.17) is 0 Å². The van der Waals surface area contributed by atoms with Gasteiger partial charge in [0.2, 0.25) is 0 Å². The standard InChI is InChI=1S/C16H16FNO2S/c17-13-6-8-14(9-7-13)21-11-10-18-15(16(19)20)12-4-2-1-3-5-12/h1-9,15,18H,10-11H2,(H,19,20). The van der Waals surface area contributed by atoms with Gasteiger partial charge in [0.1, 0.15) is 11.9 Å². The Morgan fingerprint density at radius 1 is 1.14 bits per heavy atom. The molecule has 1 unspecified atom stereocenters. The summed E-state index contributed by atoms with van der Waals surface area (Å²) in [5.74, 6) is -0.442. The second kappa shape index (κ2) is 7.81. The minimum Gasteiger partial charge on any atom is -0.480 e. The molecule has 0 aliphatic heterocycles. The van der Waals surface area contributed by atoms with E-state index in [9.17, 15) is 14.3 Å². The van der Waals surface area contributed by atoms with Crippen LogP contribution >= 0.6 is 11.8 Å². The molecule has 0 radical (unpaired) electrons. The van der Waals surface area contributed by atoms with Gasteiger partial charge >= 0.3 is 5.97 Å². The molecule has 2 aromatic carbocycles. The van der Waals surface area contributed by atoms with Crippen LogP contribution in [0.25, 0.3) is 0 Å². The molecule has 2 aromatic rings. The normalized spacial score (nSPS) is 12.0. The van der Waals surface area contributed by atoms with Crippen LogP contribution in [0.2, 0.25) is 0 Å². The van der Waals surface area contributed by atoms with E-state index in [-0.39, 0.29) is 5.82 Å². The molecule has 0 amide bonds. The fraction of sp³-hybridized carbons (Fsp3) is 0.188. The minimum absolute atomic E-state index is 0.257. The van der Waals surface area contributed by atoms with Crippen LogP contribution in [0.1, 0.15) is 11.6 Å². The maximum atomic E-state index is 12.8. The SMILES string of the molecule is O=C(O)C(NCCSc1ccc(F)cc1)c1ccccc1. The number of aliphatic carboxylic acids is 1. The summed E-state index contributed by atoms with van der Waals surface area (Å²) in [4.78, 5) is 12.3. The number of thioether (sulfide) groups is 1. The molecule has 5 heteroatoms. The van der Waals surface area contributed by atoms with Gasteiger partial charge in [0, 0.05) is 17.2 Å². The Morgan fingerprint density at radius 3 is 2.43 bits per heavy atom. The fourth-order valence-corrected chi connectivity index (χ4v) is 2.68. The molecule has 0 aliphatic rings. The van der Waals surface area contributed by atoms with Crippen LogP contribution in [0.3, 0.4) is 0 Å². The summed E-state index contributed by atoms with van der Waals surface area (Å²) in [5.41, 5.74) is 0.733. The van der Waals surface area contributed by atoms with Crippen molar-refractivity contribution < 1.29 is 14.3 Å². The molecule has 0 spiro atoms. The van der Waals surface area contributed by atoms with E-state index >= 15 is 0 Å². The van der Waals surface area contributed by atoms with Crippen molar-refractivity contribution in [2.45, 2.75) is 10.9 Å². The number of nitrogens with one attached hydrogen (secondary N) is 1. The van der Waals surface area contributed by atoms with Gasteiger partial charge in [0.05, 0.1) is 0 Å². The Bertz CT molecular complexity index is 575. The highest BCUT2D eigenvalue weighted by Crippen LogP contribution is 2.18. The molecular weight excluding hydrogens is 289 g/mol. The highest BCUT2D eigenvalue weighted by Gasteiger charge is 2.18. The molecule has 0 aliphatic carbocycles. The van der Waals surface area contributed by atoms with Crippen LogP contribution < -0.4 is 5.32 Å². The number of hydrogen-bond acceptors (Lipinski definition) is 3. The van der Waals surface area contributed by atoms with Crippen molar-refractivity contribution in [1.29, 1.82) is 0 Å². The third-order valence-corrected chi connectivity index (χ3v) is 3.93. The van der Waals surface area contributed by atoms with E-state index in [1.807, 2.05) is 18.2 Å². The predicted molar refractivity (Wildman–Crippen MR) is 81.9 cm³/mol. The lowest BCUT2D eigenvalue weighted by Crippen LogP contribution is -2.30. The van der Waals surface area contributed by atoms with Gasteiger partial charge in [-0.3, -0.25) is 10.1 Å². The first-order valence-electron chi connectivity index (χ1n) is 6.56. The lowest BCUT2D eigenvalue weighted by Gasteiger charge is -2.14. The molecule has 0 bridgehead atoms. The molecule has 21 heavy (non-hydrogen) atoms. The van der Waals surface area contributed by atoms with Crippen LogP contribution in [0.15, 0.2) is 59.5 Å². The molecule has 0 saturated carbocycles. The maximum Gasteiger partial charge on any atom is 0.325 e. The van der Waals surface area contributed by atoms with E-state index in [2.05, 4.69) is 5.32 Å². The Balaban J connectivity index is 1.83. The second-order valence-corrected chi connectivity index (χ2v) is 5.61. The Kier molecular flexibility index (Phi) is 5.78. The minimum atomic E-state index is -0.895. The largest absolute Gasteiger partial charge is 0.480 e. The first kappa shape index (κ1) is 15.5. The first-order chi connectivity index (χ1) is 10.2. The van der Waals surface area contributed by atoms with Crippen LogP contribution in [-0.2, 0) is 4.79 Å². The zero-order chi connectivity index (χ0) is 15.1. The van der Waals surface area contributed by atoms with Gasteiger partial charge in [-0.05, 0) is 29.8 Å². The molecule has 0 saturated heterocycles. The average molecular weight is 305 g/mol. The first-order valence-corrected chi connectivity index (χ1v) is 7.55. The summed E-state index contributed by atoms with van der Waals surface area (Å²) in [6, 6.07) is 14.6. The van der Waals surface area contributed by atoms with Crippen molar-refractivity contribution >= 4 is 17.7 Å². The fourth-order valence-electron chi connectivity index (χ4n) is 1.90. The molecular formula is C16H16FNO2S. The topological polar surface area (TPSA) is 49.3 Å². The van der Waals surface area contributed by atoms with Crippen molar-refractivity contribution in [3.05, 3.63) is 66.0 Å². The number of carboxylic acids is 1. The summed E-state index contributed by atoms with van der Waals surface area (Å²) in [7, 11) is 0. The van der Waals surface area contributed by atoms with E-state index < -0.39 is 12.0 Å². The van der Waals surface area contributed by atoms with Gasteiger partial charge in [-0.1, -0.05) is 30.3 Å². The number of carboxylic acid groups (broad SMARTS) is 1. The second-order valence-electron chi connectivity index (χ2n) is 4.44. The van der Waals surface area contributed by atoms with Gasteiger partial charge in [-0.15, -0.1) is 11.8 Å². The summed E-state index contributed by atoms with van der Waals surface area (Å²) < 4.78 is 12.8. The predicted octanol–water partition coefficient (Wildman–Crippen LogP) is 3.33. The van der Waals surface area contributed by atoms with Crippen molar-refractivity contribution in [2.75, 3.05) is 12.3 Å². The summed E-state index contributed by atoms with van der Waals surface area (Å²) in [6.07, 6.45) is 0. The number of halogens is 1. The molecule has 0 aromatic heterocycles. The Morgan fingerprint density at radius 2 is 1.81 bits per heavy atom. The van der Waals surface area contributed by atoms with Crippen molar-refractivity contribution in [1.82, 2.24) is 5.32 Å². The van der Waals surface area contributed by atoms with Crippen LogP contribution in [0.5, 0.6) is 0 Å². The van der Waals surface area contributed by atoms with Crippen molar-refractivity contribution in [3.8, 4) is 0 Å². The third kappa shape index (κ3) is 4.88. The lowest BCUT2D eigenvalue weighted by atomic mass is 10.1. The lowest BCUT2D eigenvalue weighted by molar-refractivity contribution is -0.139. The number of carbonyl (C=O) groups is 1. The molecule has 3 nitrogen and oxygen atoms in total. The van der Waals surface area contributed by atoms with Gasteiger partial charge in [0.25, 0.3) is 0 Å². The summed E-state index contributed by atoms with van der Waals surface area (Å²) in [6.45, 7) is 0.550. The molecule has 110 valence electrons. The van der Waals surface area contributed by atoms with E-state index in [1.54, 1.807) is 36.0 Å². The van der Waals surface area contributed by atoms with Crippen molar-refractivity contribution in [2.24, 2.45) is 0 Å². The van der Waals surface area contributed by atoms with Gasteiger partial charge < -0.3 is 5.11 Å². The van der Waals surface area contributed by atoms with Crippen molar-refractivity contribution in [3.63, 3.8) is 0 Å². The summed E-state index contributed by atoms with van der Waals surface area (Å²) in [5, 5.41) is 12.3. The molecule has 2 rings (SSSR count). The Hall–Kier alpha value is -1.85. The number of hydrogen-bond donors (Lipinski definition) is 2. The van der Waals surface area contributed by atoms with E-state index in [0.29, 0.717) is 12.3 Å². The van der Waals surface area contributed by atoms with Gasteiger partial charge in [-0.25, -0.2) is 4.39 Å². The smallest absolute Gasteiger partial charge is 0.325 e. The Labute approximate surface area is 127 Å².